The van der Waals surface area contributed by atoms with Crippen LogP contribution in [0.3, 0.4) is 0 Å². The number of carbonyl (C=O) groups is 1. The van der Waals surface area contributed by atoms with E-state index in [0.29, 0.717) is 5.56 Å². The van der Waals surface area contributed by atoms with Crippen LogP contribution in [0, 0.1) is 0 Å². The van der Waals surface area contributed by atoms with Gasteiger partial charge in [-0.15, -0.1) is 0 Å². The van der Waals surface area contributed by atoms with Gasteiger partial charge in [0.05, 0.1) is 16.9 Å². The number of anilines is 15. The molecule has 20 aromatic rings. The summed E-state index contributed by atoms with van der Waals surface area (Å²) in [5.74, 6) is 1.33. The smallest absolute Gasteiger partial charge is 0.338 e. The maximum Gasteiger partial charge on any atom is 0.338 e. The molecule has 0 bridgehead atoms. The first kappa shape index (κ1) is 90.6. The van der Waals surface area contributed by atoms with Crippen molar-refractivity contribution in [2.24, 2.45) is 0 Å². The topological polar surface area (TPSA) is 51.7 Å². The molecule has 7 aliphatic heterocycles. The summed E-state index contributed by atoms with van der Waals surface area (Å²) < 4.78 is 15.2. The van der Waals surface area contributed by atoms with E-state index in [1.807, 2.05) is 30.3 Å². The van der Waals surface area contributed by atoms with Gasteiger partial charge in [-0.2, -0.15) is 0 Å². The van der Waals surface area contributed by atoms with Crippen LogP contribution in [0.4, 0.5) is 85.3 Å². The summed E-state index contributed by atoms with van der Waals surface area (Å²) in [7, 11) is 0. The third-order valence-electron chi connectivity index (χ3n) is 31.9. The minimum absolute atomic E-state index is 0.0597. The summed E-state index contributed by atoms with van der Waals surface area (Å²) in [6, 6.07) is 163. The van der Waals surface area contributed by atoms with Gasteiger partial charge in [-0.3, -0.25) is 0 Å². The first-order valence-corrected chi connectivity index (χ1v) is 52.5. The molecule has 0 aliphatic carbocycles. The highest BCUT2D eigenvalue weighted by Crippen LogP contribution is 2.62. The normalized spacial score (nSPS) is 13.5. The van der Waals surface area contributed by atoms with Crippen LogP contribution in [0.1, 0.15) is 121 Å². The van der Waals surface area contributed by atoms with Crippen molar-refractivity contribution in [2.75, 3.05) is 24.5 Å². The number of esters is 1. The minimum atomic E-state index is -0.503. The molecule has 7 aliphatic rings. The zero-order valence-corrected chi connectivity index (χ0v) is 86.0. The molecule has 149 heavy (non-hydrogen) atoms. The van der Waals surface area contributed by atoms with Crippen molar-refractivity contribution in [3.63, 3.8) is 0 Å². The SMILES string of the molecule is CC(C)(C)c1ccc2c(c1)N(c1cc(-c3ccccc3)cc(-c3ccccc3)c1)c1cc(C(=O)OCc3ccccc3)cc3c1B2c1cc2c(cc1N3c1cc(-c3ccccc3)cc(-c3ccccc3)c1)N(c1cc(-c3ccccc3)cc(-c3ccccc3)c1)c1cc3c4c5c1B2c1ccc(C(C)(C)C)c2c1N5c1c(ccc(C(C)(C)C)c1O2)B4c1ccc(C(C)(C)C)cc1N3c1cc(-c2ccccc2)cc(-c2ccccc2)c1. The van der Waals surface area contributed by atoms with Gasteiger partial charge in [0.15, 0.2) is 11.5 Å². The Kier molecular flexibility index (Phi) is 21.0. The van der Waals surface area contributed by atoms with E-state index >= 15 is 4.79 Å². The van der Waals surface area contributed by atoms with Gasteiger partial charge in [0, 0.05) is 85.1 Å². The van der Waals surface area contributed by atoms with E-state index in [1.54, 1.807) is 0 Å². The highest BCUT2D eigenvalue weighted by atomic mass is 16.5. The number of hydrogen-bond donors (Lipinski definition) is 0. The predicted molar refractivity (Wildman–Crippen MR) is 628 cm³/mol. The van der Waals surface area contributed by atoms with Crippen LogP contribution in [0.15, 0.2) is 437 Å². The molecule has 0 N–H and O–H groups in total. The lowest BCUT2D eigenvalue weighted by Gasteiger charge is -2.53. The molecular weight excluding hydrogens is 1810 g/mol. The summed E-state index contributed by atoms with van der Waals surface area (Å²) in [6.07, 6.45) is 0. The van der Waals surface area contributed by atoms with Gasteiger partial charge in [-0.25, -0.2) is 4.79 Å². The number of fused-ring (bicyclic) bond motifs is 10. The summed E-state index contributed by atoms with van der Waals surface area (Å²) in [4.78, 5) is 29.9. The number of hydrogen-bond acceptors (Lipinski definition) is 8. The maximum atomic E-state index is 16.7. The molecule has 714 valence electrons. The Morgan fingerprint density at radius 2 is 0.490 bits per heavy atom. The number of benzene rings is 20. The average Bonchev–Trinajstić information content (AvgIpc) is 0.652. The van der Waals surface area contributed by atoms with Crippen molar-refractivity contribution in [3.05, 3.63) is 470 Å². The van der Waals surface area contributed by atoms with Gasteiger partial charge in [0.1, 0.15) is 6.61 Å². The molecule has 0 fully saturated rings. The first-order valence-electron chi connectivity index (χ1n) is 52.5. The highest BCUT2D eigenvalue weighted by Gasteiger charge is 2.57. The lowest BCUT2D eigenvalue weighted by molar-refractivity contribution is 0.0472. The van der Waals surface area contributed by atoms with Crippen LogP contribution in [0.25, 0.3) is 89.0 Å². The van der Waals surface area contributed by atoms with Crippen LogP contribution in [0.5, 0.6) is 11.5 Å². The molecule has 0 saturated carbocycles. The molecule has 27 rings (SSSR count). The fraction of sp³-hybridized carbons (Fsp3) is 0.123. The molecule has 0 spiro atoms. The van der Waals surface area contributed by atoms with E-state index in [4.69, 9.17) is 9.47 Å². The third kappa shape index (κ3) is 15.1. The van der Waals surface area contributed by atoms with Gasteiger partial charge < -0.3 is 34.0 Å². The molecule has 0 saturated heterocycles. The van der Waals surface area contributed by atoms with Crippen molar-refractivity contribution in [2.45, 2.75) is 111 Å². The summed E-state index contributed by atoms with van der Waals surface area (Å²) in [5.41, 5.74) is 47.4. The summed E-state index contributed by atoms with van der Waals surface area (Å²) >= 11 is 0. The second-order valence-corrected chi connectivity index (χ2v) is 45.4. The Morgan fingerprint density at radius 3 is 0.785 bits per heavy atom. The van der Waals surface area contributed by atoms with Crippen molar-refractivity contribution in [1.29, 1.82) is 0 Å². The van der Waals surface area contributed by atoms with Crippen LogP contribution in [0.2, 0.25) is 0 Å². The lowest BCUT2D eigenvalue weighted by Crippen LogP contribution is -2.70. The minimum Gasteiger partial charge on any atom is -0.457 e. The van der Waals surface area contributed by atoms with Crippen molar-refractivity contribution in [1.82, 2.24) is 0 Å². The van der Waals surface area contributed by atoms with Gasteiger partial charge >= 0.3 is 5.97 Å². The van der Waals surface area contributed by atoms with E-state index < -0.39 is 24.8 Å². The Morgan fingerprint density at radius 1 is 0.228 bits per heavy atom. The number of rotatable bonds is 15. The van der Waals surface area contributed by atoms with Crippen LogP contribution >= 0.6 is 0 Å². The molecule has 8 nitrogen and oxygen atoms in total. The van der Waals surface area contributed by atoms with Crippen molar-refractivity contribution < 1.29 is 14.3 Å². The molecular formula is C138H110B3N5O3. The number of carbonyl (C=O) groups excluding carboxylic acids is 1. The maximum absolute atomic E-state index is 16.7. The average molecular weight is 1920 g/mol. The number of nitrogens with zero attached hydrogens (tertiary/aromatic N) is 5. The molecule has 0 aromatic heterocycles. The van der Waals surface area contributed by atoms with Crippen LogP contribution in [-0.2, 0) is 33.0 Å². The van der Waals surface area contributed by atoms with Crippen molar-refractivity contribution in [3.8, 4) is 101 Å². The molecule has 0 amide bonds. The Balaban J connectivity index is 0.833. The second kappa shape index (κ2) is 34.5. The monoisotopic (exact) mass is 1920 g/mol. The first-order chi connectivity index (χ1) is 72.3. The largest absolute Gasteiger partial charge is 0.457 e. The fourth-order valence-electron chi connectivity index (χ4n) is 24.8. The van der Waals surface area contributed by atoms with E-state index in [-0.39, 0.29) is 29.6 Å². The Hall–Kier alpha value is -17.1. The van der Waals surface area contributed by atoms with Gasteiger partial charge in [-0.1, -0.05) is 411 Å². The van der Waals surface area contributed by atoms with E-state index in [2.05, 4.69) is 514 Å². The molecule has 20 aromatic carbocycles. The Bertz CT molecular complexity index is 8640. The zero-order chi connectivity index (χ0) is 101. The van der Waals surface area contributed by atoms with Crippen LogP contribution < -0.4 is 78.4 Å². The summed E-state index contributed by atoms with van der Waals surface area (Å²) in [5, 5.41) is 0. The highest BCUT2D eigenvalue weighted by molar-refractivity contribution is 7.06. The third-order valence-corrected chi connectivity index (χ3v) is 31.9. The summed E-state index contributed by atoms with van der Waals surface area (Å²) in [6.45, 7) is 27.0. The van der Waals surface area contributed by atoms with E-state index in [0.717, 1.165) is 230 Å². The lowest BCUT2D eigenvalue weighted by atomic mass is 9.27. The zero-order valence-electron chi connectivity index (χ0n) is 86.0. The number of ether oxygens (including phenoxy) is 2. The molecule has 0 radical (unpaired) electrons. The van der Waals surface area contributed by atoms with E-state index in [9.17, 15) is 0 Å². The molecule has 0 atom stereocenters. The second-order valence-electron chi connectivity index (χ2n) is 45.4. The fourth-order valence-corrected chi connectivity index (χ4v) is 24.8. The van der Waals surface area contributed by atoms with Gasteiger partial charge in [0.25, 0.3) is 20.1 Å². The van der Waals surface area contributed by atoms with Crippen LogP contribution in [-0.4, -0.2) is 26.1 Å². The van der Waals surface area contributed by atoms with Gasteiger partial charge in [0.2, 0.25) is 0 Å². The molecule has 11 heteroatoms. The molecule has 0 unspecified atom stereocenters. The molecule has 7 heterocycles. The van der Waals surface area contributed by atoms with Gasteiger partial charge in [-0.05, 0) is 286 Å². The predicted octanol–water partition coefficient (Wildman–Crippen LogP) is 30.5. The quantitative estimate of drug-likeness (QED) is 0.0743. The van der Waals surface area contributed by atoms with E-state index in [1.165, 1.54) is 33.0 Å². The Labute approximate surface area is 875 Å². The standard InChI is InChI=1S/C138H110B3N5O3/c1-135(2,3)104-58-62-112-118(80-104)143(107-72-97(89-46-28-16-29-47-89)67-98(73-107)90-48-30-17-31-49-90)124-84-125-128-131-127(124)139(112)114-64-60-110(137(7,8)9)132-129(114)146(131)130-115(65-61-111(133(130)149-132)138(10,11)12)141(128)117-82-116-120(83-121(117)145(125)109-76-101(93-54-36-20-37-55-93)69-102(77-109)94-56-38-21-39-57-94)144(108-74-99(91-50-32-18-33-51-91)68-100(75-108)92-52-34-19-35-53-92)123-79-103(134(147)148-85-86-40-22-13-23-41-86)78-122-126(123)140(116)113-63-59-105(136(4,5)6)81-119(113)142(122)106-70-95(87-42-24-14-25-43-87)66-96(71-106)88-44-26-15-27-45-88/h13-84H,85H2,1-12H3. The van der Waals surface area contributed by atoms with Crippen molar-refractivity contribution >= 4 is 161 Å².